The van der Waals surface area contributed by atoms with Gasteiger partial charge in [0.2, 0.25) is 5.91 Å². The molecule has 0 bridgehead atoms. The van der Waals surface area contributed by atoms with Crippen LogP contribution < -0.4 is 10.6 Å². The first-order chi connectivity index (χ1) is 11.5. The summed E-state index contributed by atoms with van der Waals surface area (Å²) in [4.78, 5) is 24.6. The molecule has 130 valence electrons. The van der Waals surface area contributed by atoms with Crippen molar-refractivity contribution < 1.29 is 14.0 Å². The third kappa shape index (κ3) is 4.71. The smallest absolute Gasteiger partial charge is 0.287 e. The molecule has 2 amide bonds. The van der Waals surface area contributed by atoms with Gasteiger partial charge in [-0.15, -0.1) is 11.3 Å². The fourth-order valence-corrected chi connectivity index (χ4v) is 3.54. The van der Waals surface area contributed by atoms with E-state index >= 15 is 0 Å². The lowest BCUT2D eigenvalue weighted by molar-refractivity contribution is -0.119. The van der Waals surface area contributed by atoms with Crippen LogP contribution in [0.25, 0.3) is 0 Å². The molecule has 24 heavy (non-hydrogen) atoms. The van der Waals surface area contributed by atoms with E-state index in [-0.39, 0.29) is 30.2 Å². The molecule has 0 unspecified atom stereocenters. The molecular formula is C18H24N2O3S. The first-order valence-electron chi connectivity index (χ1n) is 8.22. The first-order valence-corrected chi connectivity index (χ1v) is 9.10. The highest BCUT2D eigenvalue weighted by molar-refractivity contribution is 7.10. The summed E-state index contributed by atoms with van der Waals surface area (Å²) in [6.45, 7) is 6.00. The Kier molecular flexibility index (Phi) is 6.61. The standard InChI is InChI=1S/C18H24N2O3S/c1-4-13(5-2)17(16-7-6-10-24-16)20-18(22)15-9-8-14(23-15)11-19-12(3)21/h6-10,13,17H,4-5,11H2,1-3H3,(H,19,21)(H,20,22)/t17-/m1/s1. The highest BCUT2D eigenvalue weighted by Crippen LogP contribution is 2.30. The summed E-state index contributed by atoms with van der Waals surface area (Å²) in [5.41, 5.74) is 0. The lowest BCUT2D eigenvalue weighted by Gasteiger charge is -2.25. The van der Waals surface area contributed by atoms with Crippen LogP contribution in [0.2, 0.25) is 0 Å². The van der Waals surface area contributed by atoms with Crippen molar-refractivity contribution in [2.24, 2.45) is 5.92 Å². The van der Waals surface area contributed by atoms with Crippen LogP contribution in [-0.4, -0.2) is 11.8 Å². The molecule has 2 aromatic heterocycles. The quantitative estimate of drug-likeness (QED) is 0.760. The van der Waals surface area contributed by atoms with E-state index in [1.54, 1.807) is 23.5 Å². The minimum absolute atomic E-state index is 0.0172. The minimum atomic E-state index is -0.227. The van der Waals surface area contributed by atoms with Gasteiger partial charge < -0.3 is 15.1 Å². The molecule has 0 saturated heterocycles. The fraction of sp³-hybridized carbons (Fsp3) is 0.444. The van der Waals surface area contributed by atoms with E-state index in [0.717, 1.165) is 17.7 Å². The second-order valence-corrected chi connectivity index (χ2v) is 6.70. The van der Waals surface area contributed by atoms with Crippen LogP contribution in [0.3, 0.4) is 0 Å². The second-order valence-electron chi connectivity index (χ2n) is 5.72. The molecule has 0 aliphatic carbocycles. The Bertz CT molecular complexity index is 660. The van der Waals surface area contributed by atoms with E-state index in [4.69, 9.17) is 4.42 Å². The highest BCUT2D eigenvalue weighted by atomic mass is 32.1. The zero-order valence-corrected chi connectivity index (χ0v) is 15.1. The van der Waals surface area contributed by atoms with Gasteiger partial charge in [0.1, 0.15) is 5.76 Å². The number of thiophene rings is 1. The number of rotatable bonds is 8. The van der Waals surface area contributed by atoms with Gasteiger partial charge in [0.15, 0.2) is 5.76 Å². The van der Waals surface area contributed by atoms with Crippen molar-refractivity contribution >= 4 is 23.2 Å². The molecule has 2 rings (SSSR count). The largest absolute Gasteiger partial charge is 0.454 e. The molecule has 6 heteroatoms. The van der Waals surface area contributed by atoms with Crippen molar-refractivity contribution in [2.75, 3.05) is 0 Å². The van der Waals surface area contributed by atoms with Crippen LogP contribution in [0.15, 0.2) is 34.1 Å². The first kappa shape index (κ1) is 18.3. The van der Waals surface area contributed by atoms with Crippen molar-refractivity contribution in [1.29, 1.82) is 0 Å². The predicted molar refractivity (Wildman–Crippen MR) is 94.8 cm³/mol. The molecule has 0 fully saturated rings. The molecule has 2 aromatic rings. The normalized spacial score (nSPS) is 12.2. The number of nitrogens with one attached hydrogen (secondary N) is 2. The van der Waals surface area contributed by atoms with Crippen molar-refractivity contribution in [3.63, 3.8) is 0 Å². The molecule has 0 radical (unpaired) electrons. The molecule has 1 atom stereocenters. The Labute approximate surface area is 146 Å². The number of hydrogen-bond donors (Lipinski definition) is 2. The van der Waals surface area contributed by atoms with Crippen LogP contribution in [-0.2, 0) is 11.3 Å². The highest BCUT2D eigenvalue weighted by Gasteiger charge is 2.25. The SMILES string of the molecule is CCC(CC)[C@@H](NC(=O)c1ccc(CNC(C)=O)o1)c1cccs1. The number of carbonyl (C=O) groups is 2. The number of furan rings is 1. The lowest BCUT2D eigenvalue weighted by Crippen LogP contribution is -2.32. The predicted octanol–water partition coefficient (Wildman–Crippen LogP) is 3.88. The Balaban J connectivity index is 2.08. The molecule has 2 heterocycles. The molecule has 0 aromatic carbocycles. The summed E-state index contributed by atoms with van der Waals surface area (Å²) < 4.78 is 5.54. The maximum atomic E-state index is 12.6. The summed E-state index contributed by atoms with van der Waals surface area (Å²) in [5, 5.41) is 7.78. The van der Waals surface area contributed by atoms with E-state index < -0.39 is 0 Å². The van der Waals surface area contributed by atoms with Gasteiger partial charge in [0.25, 0.3) is 5.91 Å². The van der Waals surface area contributed by atoms with Crippen LogP contribution in [0.1, 0.15) is 60.8 Å². The topological polar surface area (TPSA) is 71.3 Å². The Morgan fingerprint density at radius 1 is 1.21 bits per heavy atom. The number of carbonyl (C=O) groups excluding carboxylic acids is 2. The summed E-state index contributed by atoms with van der Waals surface area (Å²) in [7, 11) is 0. The third-order valence-corrected chi connectivity index (χ3v) is 5.01. The summed E-state index contributed by atoms with van der Waals surface area (Å²) in [5.74, 6) is 0.841. The van der Waals surface area contributed by atoms with Crippen LogP contribution in [0.5, 0.6) is 0 Å². The summed E-state index contributed by atoms with van der Waals surface area (Å²) >= 11 is 1.65. The maximum Gasteiger partial charge on any atom is 0.287 e. The van der Waals surface area contributed by atoms with E-state index in [1.165, 1.54) is 6.92 Å². The van der Waals surface area contributed by atoms with Gasteiger partial charge in [0.05, 0.1) is 12.6 Å². The van der Waals surface area contributed by atoms with Gasteiger partial charge in [-0.2, -0.15) is 0 Å². The van der Waals surface area contributed by atoms with Gasteiger partial charge in [-0.05, 0) is 29.5 Å². The molecule has 0 aliphatic rings. The van der Waals surface area contributed by atoms with E-state index in [9.17, 15) is 9.59 Å². The molecule has 0 aliphatic heterocycles. The number of amides is 2. The minimum Gasteiger partial charge on any atom is -0.454 e. The van der Waals surface area contributed by atoms with Gasteiger partial charge in [-0.25, -0.2) is 0 Å². The van der Waals surface area contributed by atoms with Gasteiger partial charge in [0, 0.05) is 11.8 Å². The van der Waals surface area contributed by atoms with Crippen molar-refractivity contribution in [3.05, 3.63) is 46.0 Å². The van der Waals surface area contributed by atoms with Gasteiger partial charge >= 0.3 is 0 Å². The van der Waals surface area contributed by atoms with Gasteiger partial charge in [-0.1, -0.05) is 32.8 Å². The lowest BCUT2D eigenvalue weighted by atomic mass is 9.93. The molecule has 5 nitrogen and oxygen atoms in total. The zero-order chi connectivity index (χ0) is 17.5. The average Bonchev–Trinajstić information content (AvgIpc) is 3.24. The van der Waals surface area contributed by atoms with Crippen LogP contribution in [0.4, 0.5) is 0 Å². The van der Waals surface area contributed by atoms with Crippen LogP contribution >= 0.6 is 11.3 Å². The van der Waals surface area contributed by atoms with Crippen molar-refractivity contribution in [1.82, 2.24) is 10.6 Å². The van der Waals surface area contributed by atoms with E-state index in [0.29, 0.717) is 11.7 Å². The fourth-order valence-electron chi connectivity index (χ4n) is 2.67. The summed E-state index contributed by atoms with van der Waals surface area (Å²) in [6, 6.07) is 7.39. The molecule has 0 saturated carbocycles. The second kappa shape index (κ2) is 8.68. The maximum absolute atomic E-state index is 12.6. The molecule has 2 N–H and O–H groups in total. The molecular weight excluding hydrogens is 324 g/mol. The Morgan fingerprint density at radius 2 is 1.96 bits per heavy atom. The monoisotopic (exact) mass is 348 g/mol. The van der Waals surface area contributed by atoms with Crippen LogP contribution in [0, 0.1) is 5.92 Å². The summed E-state index contributed by atoms with van der Waals surface area (Å²) in [6.07, 6.45) is 1.98. The van der Waals surface area contributed by atoms with Gasteiger partial charge in [-0.3, -0.25) is 9.59 Å². The number of hydrogen-bond acceptors (Lipinski definition) is 4. The van der Waals surface area contributed by atoms with E-state index in [1.807, 2.05) is 11.4 Å². The Hall–Kier alpha value is -2.08. The Morgan fingerprint density at radius 3 is 2.54 bits per heavy atom. The van der Waals surface area contributed by atoms with Crippen molar-refractivity contribution in [3.8, 4) is 0 Å². The van der Waals surface area contributed by atoms with E-state index in [2.05, 4.69) is 30.5 Å². The molecule has 0 spiro atoms. The third-order valence-electron chi connectivity index (χ3n) is 4.05. The van der Waals surface area contributed by atoms with Crippen molar-refractivity contribution in [2.45, 2.75) is 46.2 Å². The average molecular weight is 348 g/mol. The zero-order valence-electron chi connectivity index (χ0n) is 14.3.